The maximum absolute atomic E-state index is 5.94. The zero-order chi connectivity index (χ0) is 13.4. The Balaban J connectivity index is 2.02. The van der Waals surface area contributed by atoms with Crippen LogP contribution in [0.4, 0.5) is 0 Å². The molecule has 0 saturated heterocycles. The predicted molar refractivity (Wildman–Crippen MR) is 80.4 cm³/mol. The van der Waals surface area contributed by atoms with Gasteiger partial charge in [-0.15, -0.1) is 0 Å². The molecule has 2 nitrogen and oxygen atoms in total. The lowest BCUT2D eigenvalue weighted by molar-refractivity contribution is 0.419. The summed E-state index contributed by atoms with van der Waals surface area (Å²) in [4.78, 5) is 0. The van der Waals surface area contributed by atoms with Crippen LogP contribution in [-0.4, -0.2) is 25.2 Å². The molecule has 0 aromatic heterocycles. The lowest BCUT2D eigenvalue weighted by Crippen LogP contribution is -2.37. The first-order valence-corrected chi connectivity index (χ1v) is 7.05. The van der Waals surface area contributed by atoms with Gasteiger partial charge < -0.3 is 10.6 Å². The molecule has 0 atom stereocenters. The number of rotatable bonds is 7. The number of halogens is 1. The molecule has 0 aliphatic carbocycles. The van der Waals surface area contributed by atoms with Gasteiger partial charge in [0.15, 0.2) is 0 Å². The van der Waals surface area contributed by atoms with Crippen LogP contribution in [-0.2, 0) is 6.42 Å². The lowest BCUT2D eigenvalue weighted by Gasteiger charge is -2.20. The summed E-state index contributed by atoms with van der Waals surface area (Å²) in [5.74, 6) is 0. The van der Waals surface area contributed by atoms with Crippen LogP contribution < -0.4 is 10.6 Å². The van der Waals surface area contributed by atoms with Crippen LogP contribution in [0.15, 0.2) is 24.3 Å². The molecule has 1 rings (SSSR count). The minimum absolute atomic E-state index is 0.223. The first-order chi connectivity index (χ1) is 8.47. The van der Waals surface area contributed by atoms with Gasteiger partial charge in [0.05, 0.1) is 0 Å². The molecular formula is C15H25ClN2. The summed E-state index contributed by atoms with van der Waals surface area (Å²) >= 11 is 5.94. The third-order valence-corrected chi connectivity index (χ3v) is 2.90. The Morgan fingerprint density at radius 2 is 1.89 bits per heavy atom. The fourth-order valence-electron chi connectivity index (χ4n) is 1.73. The molecule has 1 aromatic rings. The molecule has 0 fully saturated rings. The van der Waals surface area contributed by atoms with Crippen molar-refractivity contribution in [3.63, 3.8) is 0 Å². The Morgan fingerprint density at radius 1 is 1.11 bits per heavy atom. The van der Waals surface area contributed by atoms with Gasteiger partial charge in [-0.1, -0.05) is 23.7 Å². The van der Waals surface area contributed by atoms with Crippen molar-refractivity contribution < 1.29 is 0 Å². The van der Waals surface area contributed by atoms with E-state index >= 15 is 0 Å². The molecule has 0 unspecified atom stereocenters. The van der Waals surface area contributed by atoms with Gasteiger partial charge in [0.25, 0.3) is 0 Å². The van der Waals surface area contributed by atoms with Gasteiger partial charge in [-0.2, -0.15) is 0 Å². The molecule has 0 heterocycles. The topological polar surface area (TPSA) is 24.1 Å². The van der Waals surface area contributed by atoms with Crippen molar-refractivity contribution in [3.05, 3.63) is 34.9 Å². The van der Waals surface area contributed by atoms with Crippen LogP contribution in [0, 0.1) is 0 Å². The van der Waals surface area contributed by atoms with E-state index in [4.69, 9.17) is 11.6 Å². The molecule has 102 valence electrons. The lowest BCUT2D eigenvalue weighted by atomic mass is 10.1. The van der Waals surface area contributed by atoms with Crippen LogP contribution in [0.3, 0.4) is 0 Å². The van der Waals surface area contributed by atoms with Crippen molar-refractivity contribution in [3.8, 4) is 0 Å². The summed E-state index contributed by atoms with van der Waals surface area (Å²) in [7, 11) is 0. The second kappa shape index (κ2) is 7.78. The summed E-state index contributed by atoms with van der Waals surface area (Å²) in [5, 5.41) is 7.76. The van der Waals surface area contributed by atoms with Crippen molar-refractivity contribution in [2.75, 3.05) is 19.6 Å². The molecule has 0 amide bonds. The van der Waals surface area contributed by atoms with E-state index < -0.39 is 0 Å². The standard InChI is InChI=1S/C15H25ClN2/c1-15(2,3)18-10-5-9-17-11-8-13-6-4-7-14(16)12-13/h4,6-7,12,17-18H,5,8-11H2,1-3H3. The van der Waals surface area contributed by atoms with Gasteiger partial charge in [-0.25, -0.2) is 0 Å². The zero-order valence-corrected chi connectivity index (χ0v) is 12.5. The maximum atomic E-state index is 5.94. The first kappa shape index (κ1) is 15.5. The predicted octanol–water partition coefficient (Wildman–Crippen LogP) is 3.25. The molecule has 0 saturated carbocycles. The van der Waals surface area contributed by atoms with Gasteiger partial charge in [-0.3, -0.25) is 0 Å². The fraction of sp³-hybridized carbons (Fsp3) is 0.600. The SMILES string of the molecule is CC(C)(C)NCCCNCCc1cccc(Cl)c1. The number of hydrogen-bond donors (Lipinski definition) is 2. The van der Waals surface area contributed by atoms with E-state index in [9.17, 15) is 0 Å². The normalized spacial score (nSPS) is 11.8. The van der Waals surface area contributed by atoms with E-state index in [0.717, 1.165) is 37.5 Å². The van der Waals surface area contributed by atoms with Gasteiger partial charge in [0.2, 0.25) is 0 Å². The molecule has 3 heteroatoms. The summed E-state index contributed by atoms with van der Waals surface area (Å²) in [5.41, 5.74) is 1.52. The van der Waals surface area contributed by atoms with Crippen LogP contribution in [0.5, 0.6) is 0 Å². The zero-order valence-electron chi connectivity index (χ0n) is 11.7. The van der Waals surface area contributed by atoms with E-state index in [1.807, 2.05) is 18.2 Å². The van der Waals surface area contributed by atoms with Gasteiger partial charge in [-0.05, 0) is 70.9 Å². The Morgan fingerprint density at radius 3 is 2.56 bits per heavy atom. The Kier molecular flexibility index (Phi) is 6.69. The van der Waals surface area contributed by atoms with Crippen molar-refractivity contribution in [1.82, 2.24) is 10.6 Å². The Labute approximate surface area is 116 Å². The number of hydrogen-bond acceptors (Lipinski definition) is 2. The van der Waals surface area contributed by atoms with Crippen molar-refractivity contribution >= 4 is 11.6 Å². The second-order valence-corrected chi connectivity index (χ2v) is 6.10. The minimum atomic E-state index is 0.223. The fourth-order valence-corrected chi connectivity index (χ4v) is 1.94. The summed E-state index contributed by atoms with van der Waals surface area (Å²) in [6.07, 6.45) is 2.19. The summed E-state index contributed by atoms with van der Waals surface area (Å²) in [6.45, 7) is 9.71. The average molecular weight is 269 g/mol. The van der Waals surface area contributed by atoms with Crippen LogP contribution >= 0.6 is 11.6 Å². The molecule has 0 spiro atoms. The molecule has 0 bridgehead atoms. The molecular weight excluding hydrogens is 244 g/mol. The second-order valence-electron chi connectivity index (χ2n) is 5.66. The number of benzene rings is 1. The Hall–Kier alpha value is -0.570. The quantitative estimate of drug-likeness (QED) is 0.742. The minimum Gasteiger partial charge on any atom is -0.316 e. The Bertz CT molecular complexity index is 345. The van der Waals surface area contributed by atoms with Gasteiger partial charge in [0.1, 0.15) is 0 Å². The molecule has 0 radical (unpaired) electrons. The monoisotopic (exact) mass is 268 g/mol. The molecule has 0 aliphatic heterocycles. The van der Waals surface area contributed by atoms with E-state index in [0.29, 0.717) is 0 Å². The highest BCUT2D eigenvalue weighted by atomic mass is 35.5. The third-order valence-electron chi connectivity index (χ3n) is 2.67. The molecule has 18 heavy (non-hydrogen) atoms. The van der Waals surface area contributed by atoms with E-state index in [2.05, 4.69) is 37.5 Å². The van der Waals surface area contributed by atoms with Crippen molar-refractivity contribution in [2.45, 2.75) is 39.2 Å². The smallest absolute Gasteiger partial charge is 0.0408 e. The van der Waals surface area contributed by atoms with Crippen LogP contribution in [0.1, 0.15) is 32.8 Å². The van der Waals surface area contributed by atoms with Crippen LogP contribution in [0.2, 0.25) is 5.02 Å². The first-order valence-electron chi connectivity index (χ1n) is 6.67. The van der Waals surface area contributed by atoms with E-state index in [-0.39, 0.29) is 5.54 Å². The molecule has 2 N–H and O–H groups in total. The number of nitrogens with one attached hydrogen (secondary N) is 2. The van der Waals surface area contributed by atoms with Gasteiger partial charge in [0, 0.05) is 10.6 Å². The largest absolute Gasteiger partial charge is 0.316 e. The van der Waals surface area contributed by atoms with E-state index in [1.165, 1.54) is 5.56 Å². The van der Waals surface area contributed by atoms with Gasteiger partial charge >= 0.3 is 0 Å². The van der Waals surface area contributed by atoms with Crippen LogP contribution in [0.25, 0.3) is 0 Å². The highest BCUT2D eigenvalue weighted by Crippen LogP contribution is 2.10. The summed E-state index contributed by atoms with van der Waals surface area (Å²) < 4.78 is 0. The highest BCUT2D eigenvalue weighted by molar-refractivity contribution is 6.30. The third kappa shape index (κ3) is 7.70. The average Bonchev–Trinajstić information content (AvgIpc) is 2.26. The highest BCUT2D eigenvalue weighted by Gasteiger charge is 2.06. The molecule has 1 aromatic carbocycles. The summed E-state index contributed by atoms with van der Waals surface area (Å²) in [6, 6.07) is 8.07. The maximum Gasteiger partial charge on any atom is 0.0408 e. The van der Waals surface area contributed by atoms with E-state index in [1.54, 1.807) is 0 Å². The van der Waals surface area contributed by atoms with Crippen molar-refractivity contribution in [2.24, 2.45) is 0 Å². The molecule has 0 aliphatic rings. The van der Waals surface area contributed by atoms with Crippen molar-refractivity contribution in [1.29, 1.82) is 0 Å².